The molecule has 0 fully saturated rings. The van der Waals surface area contributed by atoms with Crippen molar-refractivity contribution >= 4 is 24.5 Å². The van der Waals surface area contributed by atoms with Gasteiger partial charge in [0, 0.05) is 42.7 Å². The zero-order chi connectivity index (χ0) is 18.4. The maximum atomic E-state index is 15.2. The number of ketones is 1. The summed E-state index contributed by atoms with van der Waals surface area (Å²) in [5.41, 5.74) is 3.26. The maximum absolute atomic E-state index is 15.2. The first kappa shape index (κ1) is 17.8. The first-order chi connectivity index (χ1) is 11.7. The van der Waals surface area contributed by atoms with Gasteiger partial charge in [0.25, 0.3) is 0 Å². The number of Topliss-reactive ketones (excluding diaryl/α,β-unsaturated/α-hetero) is 1. The van der Waals surface area contributed by atoms with Gasteiger partial charge in [-0.15, -0.1) is 0 Å². The van der Waals surface area contributed by atoms with Gasteiger partial charge in [0.2, 0.25) is 0 Å². The molecule has 0 aliphatic carbocycles. The molecular weight excluding hydrogens is 321 g/mol. The van der Waals surface area contributed by atoms with Crippen LogP contribution in [0.4, 0.5) is 8.63 Å². The van der Waals surface area contributed by atoms with Gasteiger partial charge in [0.1, 0.15) is 11.5 Å². The molecule has 0 unspecified atom stereocenters. The standard InChI is InChI=1S/C19H25BF2N2O/c1-13(2)19(25)8-6-5-7-16-9-10-17-12-18-14(3)11-15(4)23(18)20(21,22)24(16)17/h9-13H,5-8H2,1-4H3. The largest absolute Gasteiger partial charge is 0.737 e. The van der Waals surface area contributed by atoms with Crippen LogP contribution in [0.5, 0.6) is 0 Å². The fraction of sp³-hybridized carbons (Fsp3) is 0.474. The smallest absolute Gasteiger partial charge is 0.394 e. The zero-order valence-corrected chi connectivity index (χ0v) is 15.4. The van der Waals surface area contributed by atoms with Crippen molar-refractivity contribution in [1.82, 2.24) is 4.48 Å². The molecule has 0 bridgehead atoms. The van der Waals surface area contributed by atoms with E-state index >= 15 is 8.63 Å². The molecule has 0 radical (unpaired) electrons. The Bertz CT molecular complexity index is 816. The van der Waals surface area contributed by atoms with Gasteiger partial charge in [-0.1, -0.05) is 13.8 Å². The van der Waals surface area contributed by atoms with Crippen LogP contribution in [0.1, 0.15) is 56.5 Å². The van der Waals surface area contributed by atoms with Gasteiger partial charge in [-0.25, -0.2) is 0 Å². The van der Waals surface area contributed by atoms with Gasteiger partial charge >= 0.3 is 6.97 Å². The fourth-order valence-corrected chi connectivity index (χ4v) is 3.79. The third-order valence-corrected chi connectivity index (χ3v) is 5.16. The molecule has 3 nitrogen and oxygen atoms in total. The SMILES string of the molecule is Cc1cc(C)n2c1C=C1C=CC(CCCCC(=O)C(C)C)=[N+]1[B-]2(F)F. The number of aromatic nitrogens is 1. The lowest BCUT2D eigenvalue weighted by Gasteiger charge is -2.30. The molecule has 3 rings (SSSR count). The monoisotopic (exact) mass is 346 g/mol. The Labute approximate surface area is 147 Å². The molecule has 25 heavy (non-hydrogen) atoms. The molecule has 0 saturated heterocycles. The number of hydrogen-bond acceptors (Lipinski definition) is 1. The van der Waals surface area contributed by atoms with Gasteiger partial charge in [-0.3, -0.25) is 4.79 Å². The Hall–Kier alpha value is -1.98. The van der Waals surface area contributed by atoms with Crippen LogP contribution in [0.3, 0.4) is 0 Å². The van der Waals surface area contributed by atoms with Gasteiger partial charge in [-0.2, -0.15) is 0 Å². The lowest BCUT2D eigenvalue weighted by molar-refractivity contribution is -0.362. The number of allylic oxidation sites excluding steroid dienone is 2. The summed E-state index contributed by atoms with van der Waals surface area (Å²) in [5.74, 6) is 0.282. The summed E-state index contributed by atoms with van der Waals surface area (Å²) in [6.07, 6.45) is 7.98. The highest BCUT2D eigenvalue weighted by atomic mass is 19.2. The third-order valence-electron chi connectivity index (χ3n) is 5.16. The third kappa shape index (κ3) is 3.03. The Balaban J connectivity index is 1.81. The summed E-state index contributed by atoms with van der Waals surface area (Å²) in [6.45, 7) is 3.51. The zero-order valence-electron chi connectivity index (χ0n) is 15.4. The van der Waals surface area contributed by atoms with Crippen LogP contribution in [0.25, 0.3) is 6.08 Å². The number of rotatable bonds is 6. The molecule has 1 aromatic rings. The predicted octanol–water partition coefficient (Wildman–Crippen LogP) is 4.49. The van der Waals surface area contributed by atoms with Crippen molar-refractivity contribution in [3.05, 3.63) is 40.9 Å². The second kappa shape index (κ2) is 6.39. The molecule has 0 atom stereocenters. The molecule has 0 aromatic carbocycles. The van der Waals surface area contributed by atoms with E-state index in [4.69, 9.17) is 0 Å². The van der Waals surface area contributed by atoms with Crippen molar-refractivity contribution < 1.29 is 17.9 Å². The van der Waals surface area contributed by atoms with Crippen LogP contribution in [0.15, 0.2) is 23.9 Å². The van der Waals surface area contributed by atoms with E-state index in [1.807, 2.05) is 32.9 Å². The molecular formula is C19H25BF2N2O. The minimum Gasteiger partial charge on any atom is -0.394 e. The molecule has 2 aliphatic rings. The number of carbonyl (C=O) groups excluding carboxylic acids is 1. The topological polar surface area (TPSA) is 25.0 Å². The number of carbonyl (C=O) groups is 1. The average Bonchev–Trinajstić information content (AvgIpc) is 3.06. The van der Waals surface area contributed by atoms with Crippen molar-refractivity contribution in [2.45, 2.75) is 53.4 Å². The van der Waals surface area contributed by atoms with Crippen LogP contribution < -0.4 is 0 Å². The molecule has 0 amide bonds. The lowest BCUT2D eigenvalue weighted by atomic mass is 9.90. The van der Waals surface area contributed by atoms with Crippen LogP contribution in [-0.2, 0) is 4.79 Å². The van der Waals surface area contributed by atoms with Gasteiger partial charge in [0.15, 0.2) is 5.70 Å². The van der Waals surface area contributed by atoms with E-state index in [1.165, 1.54) is 8.96 Å². The lowest BCUT2D eigenvalue weighted by Crippen LogP contribution is -2.50. The normalized spacial score (nSPS) is 17.8. The molecule has 0 spiro atoms. The van der Waals surface area contributed by atoms with E-state index in [0.29, 0.717) is 35.6 Å². The van der Waals surface area contributed by atoms with E-state index in [9.17, 15) is 4.79 Å². The fourth-order valence-electron chi connectivity index (χ4n) is 3.79. The maximum Gasteiger partial charge on any atom is 0.737 e. The number of fused-ring (bicyclic) bond motifs is 2. The molecule has 0 saturated carbocycles. The summed E-state index contributed by atoms with van der Waals surface area (Å²) in [7, 11) is 0. The minimum absolute atomic E-state index is 0.0432. The van der Waals surface area contributed by atoms with Crippen molar-refractivity contribution in [1.29, 1.82) is 0 Å². The number of nitrogens with zero attached hydrogens (tertiary/aromatic N) is 2. The van der Waals surface area contributed by atoms with Crippen molar-refractivity contribution in [3.63, 3.8) is 0 Å². The van der Waals surface area contributed by atoms with Crippen LogP contribution in [-0.4, -0.2) is 27.4 Å². The first-order valence-corrected chi connectivity index (χ1v) is 9.02. The summed E-state index contributed by atoms with van der Waals surface area (Å²) in [5, 5.41) is 0. The Morgan fingerprint density at radius 1 is 1.24 bits per heavy atom. The Kier molecular flexibility index (Phi) is 4.56. The highest BCUT2D eigenvalue weighted by molar-refractivity contribution is 6.58. The van der Waals surface area contributed by atoms with Crippen molar-refractivity contribution in [2.75, 3.05) is 0 Å². The first-order valence-electron chi connectivity index (χ1n) is 9.02. The molecule has 3 heterocycles. The number of hydrogen-bond donors (Lipinski definition) is 0. The number of unbranched alkanes of at least 4 members (excludes halogenated alkanes) is 1. The highest BCUT2D eigenvalue weighted by Crippen LogP contribution is 2.34. The predicted molar refractivity (Wildman–Crippen MR) is 98.0 cm³/mol. The van der Waals surface area contributed by atoms with Crippen LogP contribution in [0, 0.1) is 19.8 Å². The van der Waals surface area contributed by atoms with Crippen LogP contribution in [0.2, 0.25) is 0 Å². The van der Waals surface area contributed by atoms with Gasteiger partial charge < -0.3 is 17.6 Å². The molecule has 1 aromatic heterocycles. The highest BCUT2D eigenvalue weighted by Gasteiger charge is 2.52. The van der Waals surface area contributed by atoms with E-state index in [0.717, 1.165) is 18.4 Å². The van der Waals surface area contributed by atoms with Crippen molar-refractivity contribution in [2.24, 2.45) is 5.92 Å². The minimum atomic E-state index is -3.87. The van der Waals surface area contributed by atoms with E-state index in [1.54, 1.807) is 19.1 Å². The van der Waals surface area contributed by atoms with Gasteiger partial charge in [-0.05, 0) is 44.0 Å². The number of aryl methyl sites for hydroxylation is 2. The quantitative estimate of drug-likeness (QED) is 0.550. The molecule has 6 heteroatoms. The second-order valence-electron chi connectivity index (χ2n) is 7.40. The van der Waals surface area contributed by atoms with Crippen molar-refractivity contribution in [3.8, 4) is 0 Å². The van der Waals surface area contributed by atoms with Gasteiger partial charge in [0.05, 0.1) is 0 Å². The van der Waals surface area contributed by atoms with Crippen LogP contribution >= 0.6 is 0 Å². The molecule has 134 valence electrons. The Morgan fingerprint density at radius 3 is 2.64 bits per heavy atom. The van der Waals surface area contributed by atoms with E-state index < -0.39 is 6.97 Å². The molecule has 2 aliphatic heterocycles. The van der Waals surface area contributed by atoms with E-state index in [2.05, 4.69) is 0 Å². The number of halogens is 2. The average molecular weight is 346 g/mol. The summed E-state index contributed by atoms with van der Waals surface area (Å²) < 4.78 is 32.8. The second-order valence-corrected chi connectivity index (χ2v) is 7.40. The summed E-state index contributed by atoms with van der Waals surface area (Å²) in [4.78, 5) is 11.7. The summed E-state index contributed by atoms with van der Waals surface area (Å²) in [6, 6.07) is 1.81. The van der Waals surface area contributed by atoms with E-state index in [-0.39, 0.29) is 11.7 Å². The Morgan fingerprint density at radius 2 is 1.96 bits per heavy atom. The summed E-state index contributed by atoms with van der Waals surface area (Å²) >= 11 is 0. The molecule has 0 N–H and O–H groups in total.